The van der Waals surface area contributed by atoms with Gasteiger partial charge in [0.15, 0.2) is 0 Å². The smallest absolute Gasteiger partial charge is 0.237 e. The van der Waals surface area contributed by atoms with Crippen LogP contribution < -0.4 is 5.32 Å². The van der Waals surface area contributed by atoms with Gasteiger partial charge in [0.05, 0.1) is 12.6 Å². The van der Waals surface area contributed by atoms with Crippen LogP contribution in [-0.4, -0.2) is 30.4 Å². The number of carbonyl (C=O) groups is 1. The minimum absolute atomic E-state index is 0.225. The van der Waals surface area contributed by atoms with Crippen LogP contribution in [0.25, 0.3) is 0 Å². The first kappa shape index (κ1) is 13.1. The molecule has 1 N–H and O–H groups in total. The van der Waals surface area contributed by atoms with Crippen LogP contribution in [0, 0.1) is 6.92 Å². The fourth-order valence-electron chi connectivity index (χ4n) is 2.68. The molecule has 1 aliphatic rings. The second-order valence-electron chi connectivity index (χ2n) is 4.88. The van der Waals surface area contributed by atoms with Crippen molar-refractivity contribution in [1.29, 1.82) is 0 Å². The molecule has 1 saturated heterocycles. The highest BCUT2D eigenvalue weighted by Gasteiger charge is 2.30. The second-order valence-corrected chi connectivity index (χ2v) is 4.88. The Morgan fingerprint density at radius 2 is 2.22 bits per heavy atom. The summed E-state index contributed by atoms with van der Waals surface area (Å²) < 4.78 is 0. The van der Waals surface area contributed by atoms with E-state index in [2.05, 4.69) is 36.5 Å². The average Bonchev–Trinajstić information content (AvgIpc) is 2.85. The monoisotopic (exact) mass is 246 g/mol. The second kappa shape index (κ2) is 6.01. The molecule has 1 aliphatic heterocycles. The maximum atomic E-state index is 12.2. The molecular formula is C15H22N2O. The van der Waals surface area contributed by atoms with Gasteiger partial charge in [0.25, 0.3) is 0 Å². The third-order valence-electron chi connectivity index (χ3n) is 3.65. The number of rotatable bonds is 4. The minimum Gasteiger partial charge on any atom is -0.335 e. The summed E-state index contributed by atoms with van der Waals surface area (Å²) in [5, 5.41) is 3.12. The van der Waals surface area contributed by atoms with Crippen LogP contribution in [0.4, 0.5) is 0 Å². The summed E-state index contributed by atoms with van der Waals surface area (Å²) >= 11 is 0. The van der Waals surface area contributed by atoms with Gasteiger partial charge in [0, 0.05) is 6.54 Å². The van der Waals surface area contributed by atoms with Gasteiger partial charge in [-0.2, -0.15) is 0 Å². The molecule has 0 radical (unpaired) electrons. The van der Waals surface area contributed by atoms with Crippen molar-refractivity contribution in [2.24, 2.45) is 0 Å². The van der Waals surface area contributed by atoms with Gasteiger partial charge in [0.2, 0.25) is 5.91 Å². The Hall–Kier alpha value is -1.35. The molecule has 18 heavy (non-hydrogen) atoms. The Bertz CT molecular complexity index is 417. The van der Waals surface area contributed by atoms with Crippen molar-refractivity contribution in [1.82, 2.24) is 10.2 Å². The molecule has 1 aromatic carbocycles. The van der Waals surface area contributed by atoms with Crippen LogP contribution in [0.1, 0.15) is 36.9 Å². The number of aryl methyl sites for hydroxylation is 1. The van der Waals surface area contributed by atoms with Gasteiger partial charge in [-0.15, -0.1) is 0 Å². The summed E-state index contributed by atoms with van der Waals surface area (Å²) in [6, 6.07) is 8.67. The van der Waals surface area contributed by atoms with Crippen LogP contribution in [0.15, 0.2) is 24.3 Å². The van der Waals surface area contributed by atoms with E-state index in [1.807, 2.05) is 11.8 Å². The summed E-state index contributed by atoms with van der Waals surface area (Å²) in [5.74, 6) is 0.225. The number of likely N-dealkylation sites (N-methyl/N-ethyl adjacent to an activating group) is 1. The molecule has 1 aromatic rings. The van der Waals surface area contributed by atoms with Crippen LogP contribution in [0.5, 0.6) is 0 Å². The average molecular weight is 246 g/mol. The van der Waals surface area contributed by atoms with Crippen LogP contribution in [0.3, 0.4) is 0 Å². The van der Waals surface area contributed by atoms with E-state index >= 15 is 0 Å². The van der Waals surface area contributed by atoms with Gasteiger partial charge in [-0.3, -0.25) is 4.79 Å². The van der Waals surface area contributed by atoms with E-state index in [9.17, 15) is 4.79 Å². The first-order valence-electron chi connectivity index (χ1n) is 6.79. The Balaban J connectivity index is 2.12. The molecule has 3 nitrogen and oxygen atoms in total. The lowest BCUT2D eigenvalue weighted by molar-refractivity contribution is -0.131. The lowest BCUT2D eigenvalue weighted by atomic mass is 9.99. The van der Waals surface area contributed by atoms with E-state index in [0.29, 0.717) is 6.54 Å². The first-order valence-corrected chi connectivity index (χ1v) is 6.79. The standard InChI is InChI=1S/C15H22N2O/c1-3-16-11-15(18)17-10-6-9-14(17)13-8-5-4-7-12(13)2/h4-5,7-8,14,16H,3,6,9-11H2,1-2H3. The number of hydrogen-bond donors (Lipinski definition) is 1. The number of nitrogens with one attached hydrogen (secondary N) is 1. The maximum Gasteiger partial charge on any atom is 0.237 e. The third kappa shape index (κ3) is 2.72. The number of likely N-dealkylation sites (tertiary alicyclic amines) is 1. The van der Waals surface area contributed by atoms with Gasteiger partial charge in [-0.05, 0) is 37.4 Å². The molecule has 1 atom stereocenters. The van der Waals surface area contributed by atoms with E-state index in [1.54, 1.807) is 0 Å². The molecule has 1 heterocycles. The van der Waals surface area contributed by atoms with Crippen LogP contribution in [0.2, 0.25) is 0 Å². The van der Waals surface area contributed by atoms with Crippen LogP contribution >= 0.6 is 0 Å². The summed E-state index contributed by atoms with van der Waals surface area (Å²) in [4.78, 5) is 14.2. The van der Waals surface area contributed by atoms with Crippen molar-refractivity contribution >= 4 is 5.91 Å². The van der Waals surface area contributed by atoms with Crippen molar-refractivity contribution < 1.29 is 4.79 Å². The van der Waals surface area contributed by atoms with Crippen molar-refractivity contribution in [3.05, 3.63) is 35.4 Å². The summed E-state index contributed by atoms with van der Waals surface area (Å²) in [6.45, 7) is 6.34. The van der Waals surface area contributed by atoms with Crippen molar-refractivity contribution in [2.75, 3.05) is 19.6 Å². The Morgan fingerprint density at radius 3 is 2.94 bits per heavy atom. The number of hydrogen-bond acceptors (Lipinski definition) is 2. The van der Waals surface area contributed by atoms with Gasteiger partial charge >= 0.3 is 0 Å². The maximum absolute atomic E-state index is 12.2. The van der Waals surface area contributed by atoms with Gasteiger partial charge in [-0.1, -0.05) is 31.2 Å². The predicted molar refractivity (Wildman–Crippen MR) is 73.4 cm³/mol. The highest BCUT2D eigenvalue weighted by molar-refractivity contribution is 5.79. The van der Waals surface area contributed by atoms with E-state index in [0.717, 1.165) is 25.9 Å². The molecule has 2 rings (SSSR count). The van der Waals surface area contributed by atoms with Gasteiger partial charge in [-0.25, -0.2) is 0 Å². The molecule has 1 amide bonds. The Morgan fingerprint density at radius 1 is 1.44 bits per heavy atom. The zero-order valence-electron chi connectivity index (χ0n) is 11.3. The molecule has 98 valence electrons. The fourth-order valence-corrected chi connectivity index (χ4v) is 2.68. The van der Waals surface area contributed by atoms with Gasteiger partial charge in [0.1, 0.15) is 0 Å². The quantitative estimate of drug-likeness (QED) is 0.884. The van der Waals surface area contributed by atoms with Crippen molar-refractivity contribution in [3.8, 4) is 0 Å². The molecule has 0 bridgehead atoms. The molecule has 0 spiro atoms. The number of nitrogens with zero attached hydrogens (tertiary/aromatic N) is 1. The fraction of sp³-hybridized carbons (Fsp3) is 0.533. The zero-order chi connectivity index (χ0) is 13.0. The number of carbonyl (C=O) groups excluding carboxylic acids is 1. The lowest BCUT2D eigenvalue weighted by Gasteiger charge is -2.26. The zero-order valence-corrected chi connectivity index (χ0v) is 11.3. The molecule has 0 saturated carbocycles. The van der Waals surface area contributed by atoms with E-state index in [4.69, 9.17) is 0 Å². The van der Waals surface area contributed by atoms with E-state index < -0.39 is 0 Å². The summed E-state index contributed by atoms with van der Waals surface area (Å²) in [5.41, 5.74) is 2.59. The van der Waals surface area contributed by atoms with Gasteiger partial charge < -0.3 is 10.2 Å². The van der Waals surface area contributed by atoms with Crippen molar-refractivity contribution in [3.63, 3.8) is 0 Å². The van der Waals surface area contributed by atoms with Crippen LogP contribution in [-0.2, 0) is 4.79 Å². The lowest BCUT2D eigenvalue weighted by Crippen LogP contribution is -2.37. The Labute approximate surface area is 109 Å². The van der Waals surface area contributed by atoms with Crippen molar-refractivity contribution in [2.45, 2.75) is 32.7 Å². The first-order chi connectivity index (χ1) is 8.74. The normalized spacial score (nSPS) is 19.2. The molecular weight excluding hydrogens is 224 g/mol. The molecule has 0 aromatic heterocycles. The molecule has 0 aliphatic carbocycles. The molecule has 1 unspecified atom stereocenters. The third-order valence-corrected chi connectivity index (χ3v) is 3.65. The molecule has 1 fully saturated rings. The summed E-state index contributed by atoms with van der Waals surface area (Å²) in [6.07, 6.45) is 2.19. The highest BCUT2D eigenvalue weighted by Crippen LogP contribution is 2.33. The number of benzene rings is 1. The molecule has 3 heteroatoms. The minimum atomic E-state index is 0.225. The predicted octanol–water partition coefficient (Wildman–Crippen LogP) is 2.27. The Kier molecular flexibility index (Phi) is 4.37. The topological polar surface area (TPSA) is 32.3 Å². The SMILES string of the molecule is CCNCC(=O)N1CCCC1c1ccccc1C. The van der Waals surface area contributed by atoms with E-state index in [1.165, 1.54) is 11.1 Å². The largest absolute Gasteiger partial charge is 0.335 e. The summed E-state index contributed by atoms with van der Waals surface area (Å²) in [7, 11) is 0. The highest BCUT2D eigenvalue weighted by atomic mass is 16.2. The number of amides is 1. The van der Waals surface area contributed by atoms with E-state index in [-0.39, 0.29) is 11.9 Å².